The normalized spacial score (nSPS) is 10.3. The van der Waals surface area contributed by atoms with Crippen molar-refractivity contribution in [1.29, 1.82) is 0 Å². The molecule has 0 aliphatic rings. The number of aryl methyl sites for hydroxylation is 1. The zero-order valence-electron chi connectivity index (χ0n) is 10.5. The van der Waals surface area contributed by atoms with Crippen molar-refractivity contribution in [3.05, 3.63) is 51.0 Å². The first kappa shape index (κ1) is 14.7. The summed E-state index contributed by atoms with van der Waals surface area (Å²) in [5, 5.41) is 9.68. The van der Waals surface area contributed by atoms with E-state index in [1.807, 2.05) is 0 Å². The van der Waals surface area contributed by atoms with Gasteiger partial charge in [-0.25, -0.2) is 4.79 Å². The lowest BCUT2D eigenvalue weighted by Gasteiger charge is -2.11. The number of hydrogen-bond donors (Lipinski definition) is 2. The summed E-state index contributed by atoms with van der Waals surface area (Å²) < 4.78 is 6.34. The summed E-state index contributed by atoms with van der Waals surface area (Å²) >= 11 is 9.19. The number of ether oxygens (including phenoxy) is 1. The standard InChI is InChI=1S/C14H11BrClNO3/c1-7-4-9(6-10(13(7)17)14(18)19)20-12-3-2-8(16)5-11(12)15/h2-6H,17H2,1H3,(H,18,19). The van der Waals surface area contributed by atoms with Gasteiger partial charge in [0.1, 0.15) is 11.5 Å². The molecular weight excluding hydrogens is 346 g/mol. The summed E-state index contributed by atoms with van der Waals surface area (Å²) in [5.41, 5.74) is 6.63. The van der Waals surface area contributed by atoms with Gasteiger partial charge >= 0.3 is 5.97 Å². The summed E-state index contributed by atoms with van der Waals surface area (Å²) in [6.45, 7) is 1.73. The molecule has 2 aromatic rings. The quantitative estimate of drug-likeness (QED) is 0.795. The highest BCUT2D eigenvalue weighted by Crippen LogP contribution is 2.34. The van der Waals surface area contributed by atoms with Gasteiger partial charge in [-0.05, 0) is 58.7 Å². The van der Waals surface area contributed by atoms with Crippen LogP contribution in [0, 0.1) is 6.92 Å². The van der Waals surface area contributed by atoms with E-state index in [4.69, 9.17) is 27.2 Å². The molecule has 0 spiro atoms. The van der Waals surface area contributed by atoms with Crippen LogP contribution in [0.15, 0.2) is 34.8 Å². The molecule has 3 N–H and O–H groups in total. The predicted octanol–water partition coefficient (Wildman–Crippen LogP) is 4.48. The Morgan fingerprint density at radius 3 is 2.65 bits per heavy atom. The Balaban J connectivity index is 2.41. The Hall–Kier alpha value is -1.72. The van der Waals surface area contributed by atoms with Gasteiger partial charge in [0.2, 0.25) is 0 Å². The number of rotatable bonds is 3. The van der Waals surface area contributed by atoms with Crippen LogP contribution in [0.2, 0.25) is 5.02 Å². The number of anilines is 1. The van der Waals surface area contributed by atoms with E-state index >= 15 is 0 Å². The number of carboxylic acid groups (broad SMARTS) is 1. The molecule has 6 heteroatoms. The van der Waals surface area contributed by atoms with Crippen LogP contribution < -0.4 is 10.5 Å². The number of hydrogen-bond acceptors (Lipinski definition) is 3. The second-order valence-corrected chi connectivity index (χ2v) is 5.47. The smallest absolute Gasteiger partial charge is 0.337 e. The van der Waals surface area contributed by atoms with E-state index in [0.717, 1.165) is 0 Å². The fourth-order valence-electron chi connectivity index (χ4n) is 1.69. The first-order valence-corrected chi connectivity index (χ1v) is 6.82. The molecule has 2 rings (SSSR count). The molecule has 0 aromatic heterocycles. The molecule has 0 aliphatic carbocycles. The fourth-order valence-corrected chi connectivity index (χ4v) is 2.45. The number of nitrogen functional groups attached to an aromatic ring is 1. The zero-order chi connectivity index (χ0) is 14.9. The van der Waals surface area contributed by atoms with Gasteiger partial charge in [0.05, 0.1) is 10.0 Å². The SMILES string of the molecule is Cc1cc(Oc2ccc(Cl)cc2Br)cc(C(=O)O)c1N. The van der Waals surface area contributed by atoms with Gasteiger partial charge in [0.15, 0.2) is 0 Å². The van der Waals surface area contributed by atoms with E-state index in [9.17, 15) is 4.79 Å². The second-order valence-electron chi connectivity index (χ2n) is 4.18. The molecule has 0 atom stereocenters. The Morgan fingerprint density at radius 1 is 1.35 bits per heavy atom. The maximum Gasteiger partial charge on any atom is 0.337 e. The zero-order valence-corrected chi connectivity index (χ0v) is 12.8. The topological polar surface area (TPSA) is 72.5 Å². The van der Waals surface area contributed by atoms with Crippen LogP contribution in [-0.4, -0.2) is 11.1 Å². The molecular formula is C14H11BrClNO3. The van der Waals surface area contributed by atoms with Crippen molar-refractivity contribution in [2.45, 2.75) is 6.92 Å². The maximum atomic E-state index is 11.1. The molecule has 0 amide bonds. The molecule has 0 heterocycles. The highest BCUT2D eigenvalue weighted by atomic mass is 79.9. The molecule has 4 nitrogen and oxygen atoms in total. The minimum atomic E-state index is -1.09. The van der Waals surface area contributed by atoms with Gasteiger partial charge in [0, 0.05) is 10.7 Å². The lowest BCUT2D eigenvalue weighted by Crippen LogP contribution is -2.04. The van der Waals surface area contributed by atoms with E-state index in [0.29, 0.717) is 26.6 Å². The van der Waals surface area contributed by atoms with E-state index in [-0.39, 0.29) is 11.3 Å². The van der Waals surface area contributed by atoms with Crippen molar-refractivity contribution in [3.63, 3.8) is 0 Å². The molecule has 104 valence electrons. The van der Waals surface area contributed by atoms with Crippen LogP contribution in [0.4, 0.5) is 5.69 Å². The molecule has 2 aromatic carbocycles. The number of carbonyl (C=O) groups is 1. The van der Waals surface area contributed by atoms with E-state index in [2.05, 4.69) is 15.9 Å². The first-order valence-electron chi connectivity index (χ1n) is 5.65. The Bertz CT molecular complexity index is 688. The van der Waals surface area contributed by atoms with Crippen LogP contribution in [0.5, 0.6) is 11.5 Å². The lowest BCUT2D eigenvalue weighted by molar-refractivity contribution is 0.0697. The highest BCUT2D eigenvalue weighted by Gasteiger charge is 2.13. The van der Waals surface area contributed by atoms with Gasteiger partial charge in [0.25, 0.3) is 0 Å². The number of benzene rings is 2. The summed E-state index contributed by atoms with van der Waals surface area (Å²) in [6.07, 6.45) is 0. The van der Waals surface area contributed by atoms with Crippen LogP contribution in [0.1, 0.15) is 15.9 Å². The predicted molar refractivity (Wildman–Crippen MR) is 81.8 cm³/mol. The molecule has 0 saturated heterocycles. The van der Waals surface area contributed by atoms with Crippen LogP contribution >= 0.6 is 27.5 Å². The van der Waals surface area contributed by atoms with Crippen molar-refractivity contribution in [2.75, 3.05) is 5.73 Å². The van der Waals surface area contributed by atoms with Gasteiger partial charge in [-0.3, -0.25) is 0 Å². The minimum absolute atomic E-state index is 0.0186. The van der Waals surface area contributed by atoms with E-state index in [1.54, 1.807) is 31.2 Å². The molecule has 0 radical (unpaired) electrons. The summed E-state index contributed by atoms with van der Waals surface area (Å²) in [6, 6.07) is 8.15. The van der Waals surface area contributed by atoms with E-state index < -0.39 is 5.97 Å². The Kier molecular flexibility index (Phi) is 4.20. The summed E-state index contributed by atoms with van der Waals surface area (Å²) in [7, 11) is 0. The maximum absolute atomic E-state index is 11.1. The average Bonchev–Trinajstić information content (AvgIpc) is 2.36. The molecule has 0 saturated carbocycles. The second kappa shape index (κ2) is 5.73. The van der Waals surface area contributed by atoms with Crippen molar-refractivity contribution in [2.24, 2.45) is 0 Å². The third-order valence-electron chi connectivity index (χ3n) is 2.71. The number of halogens is 2. The van der Waals surface area contributed by atoms with Crippen molar-refractivity contribution in [1.82, 2.24) is 0 Å². The van der Waals surface area contributed by atoms with Crippen molar-refractivity contribution >= 4 is 39.2 Å². The summed E-state index contributed by atoms with van der Waals surface area (Å²) in [4.78, 5) is 11.1. The Morgan fingerprint density at radius 2 is 2.05 bits per heavy atom. The van der Waals surface area contributed by atoms with Gasteiger partial charge in [-0.1, -0.05) is 11.6 Å². The van der Waals surface area contributed by atoms with Crippen LogP contribution in [0.25, 0.3) is 0 Å². The largest absolute Gasteiger partial charge is 0.478 e. The average molecular weight is 357 g/mol. The van der Waals surface area contributed by atoms with E-state index in [1.165, 1.54) is 6.07 Å². The van der Waals surface area contributed by atoms with Crippen LogP contribution in [-0.2, 0) is 0 Å². The monoisotopic (exact) mass is 355 g/mol. The highest BCUT2D eigenvalue weighted by molar-refractivity contribution is 9.10. The lowest BCUT2D eigenvalue weighted by atomic mass is 10.1. The van der Waals surface area contributed by atoms with Gasteiger partial charge < -0.3 is 15.6 Å². The molecule has 0 aliphatic heterocycles. The minimum Gasteiger partial charge on any atom is -0.478 e. The third-order valence-corrected chi connectivity index (χ3v) is 3.57. The molecule has 0 bridgehead atoms. The molecule has 20 heavy (non-hydrogen) atoms. The van der Waals surface area contributed by atoms with Crippen LogP contribution in [0.3, 0.4) is 0 Å². The number of aromatic carboxylic acids is 1. The third kappa shape index (κ3) is 3.05. The van der Waals surface area contributed by atoms with Crippen molar-refractivity contribution < 1.29 is 14.6 Å². The summed E-state index contributed by atoms with van der Waals surface area (Å²) in [5.74, 6) is -0.154. The van der Waals surface area contributed by atoms with Crippen molar-refractivity contribution in [3.8, 4) is 11.5 Å². The van der Waals surface area contributed by atoms with Gasteiger partial charge in [-0.2, -0.15) is 0 Å². The fraction of sp³-hybridized carbons (Fsp3) is 0.0714. The first-order chi connectivity index (χ1) is 9.38. The molecule has 0 fully saturated rings. The number of carboxylic acids is 1. The van der Waals surface area contributed by atoms with Gasteiger partial charge in [-0.15, -0.1) is 0 Å². The molecule has 0 unspecified atom stereocenters. The Labute approximate surface area is 129 Å². The number of nitrogens with two attached hydrogens (primary N) is 1.